The summed E-state index contributed by atoms with van der Waals surface area (Å²) >= 11 is 8.55. The van der Waals surface area contributed by atoms with Gasteiger partial charge in [0.05, 0.1) is 0 Å². The van der Waals surface area contributed by atoms with Crippen molar-refractivity contribution >= 4 is 37.6 Å². The number of pyridine rings is 1. The first-order valence-electron chi connectivity index (χ1n) is 2.76. The fraction of sp³-hybridized carbons (Fsp3) is 0. The van der Waals surface area contributed by atoms with Crippen LogP contribution in [0.15, 0.2) is 21.6 Å². The summed E-state index contributed by atoms with van der Waals surface area (Å²) in [5.41, 5.74) is 0. The van der Waals surface area contributed by atoms with Gasteiger partial charge < -0.3 is 0 Å². The molecule has 0 unspecified atom stereocenters. The number of nitrogens with two attached hydrogens (primary N) is 1. The second kappa shape index (κ2) is 3.29. The van der Waals surface area contributed by atoms with E-state index in [0.29, 0.717) is 4.60 Å². The van der Waals surface area contributed by atoms with E-state index in [9.17, 15) is 8.42 Å². The number of hydrogen-bond donors (Lipinski definition) is 1. The minimum atomic E-state index is -3.77. The molecule has 0 aliphatic rings. The van der Waals surface area contributed by atoms with E-state index in [-0.39, 0.29) is 10.0 Å². The van der Waals surface area contributed by atoms with Crippen LogP contribution in [0.1, 0.15) is 0 Å². The van der Waals surface area contributed by atoms with E-state index in [0.717, 1.165) is 0 Å². The zero-order chi connectivity index (χ0) is 9.35. The van der Waals surface area contributed by atoms with Crippen LogP contribution in [0.4, 0.5) is 0 Å². The third-order valence-electron chi connectivity index (χ3n) is 1.09. The molecule has 0 amide bonds. The number of halogens is 2. The largest absolute Gasteiger partial charge is 0.241 e. The molecular weight excluding hydrogens is 267 g/mol. The Balaban J connectivity index is 3.39. The van der Waals surface area contributed by atoms with Crippen LogP contribution >= 0.6 is 27.5 Å². The summed E-state index contributed by atoms with van der Waals surface area (Å²) in [4.78, 5) is 3.49. The third kappa shape index (κ3) is 2.16. The zero-order valence-electron chi connectivity index (χ0n) is 5.66. The van der Waals surface area contributed by atoms with Gasteiger partial charge in [-0.3, -0.25) is 0 Å². The number of hydrogen-bond acceptors (Lipinski definition) is 3. The van der Waals surface area contributed by atoms with Crippen LogP contribution in [0.2, 0.25) is 5.15 Å². The van der Waals surface area contributed by atoms with Gasteiger partial charge in [0.2, 0.25) is 10.0 Å². The molecule has 4 nitrogen and oxygen atoms in total. The highest BCUT2D eigenvalue weighted by Gasteiger charge is 2.13. The predicted molar refractivity (Wildman–Crippen MR) is 48.3 cm³/mol. The number of rotatable bonds is 1. The van der Waals surface area contributed by atoms with Crippen molar-refractivity contribution in [3.63, 3.8) is 0 Å². The smallest absolute Gasteiger partial charge is 0.228 e. The summed E-state index contributed by atoms with van der Waals surface area (Å²) in [5.74, 6) is 0. The maximum absolute atomic E-state index is 10.8. The first kappa shape index (κ1) is 9.91. The molecule has 0 fully saturated rings. The van der Waals surface area contributed by atoms with Crippen LogP contribution in [-0.4, -0.2) is 13.4 Å². The highest BCUT2D eigenvalue weighted by atomic mass is 79.9. The van der Waals surface area contributed by atoms with Gasteiger partial charge >= 0.3 is 0 Å². The van der Waals surface area contributed by atoms with Crippen molar-refractivity contribution in [2.45, 2.75) is 4.90 Å². The van der Waals surface area contributed by atoms with E-state index in [2.05, 4.69) is 20.9 Å². The van der Waals surface area contributed by atoms with Gasteiger partial charge in [0.25, 0.3) is 0 Å². The molecule has 66 valence electrons. The molecule has 2 N–H and O–H groups in total. The van der Waals surface area contributed by atoms with Gasteiger partial charge in [-0.1, -0.05) is 11.6 Å². The highest BCUT2D eigenvalue weighted by molar-refractivity contribution is 9.10. The lowest BCUT2D eigenvalue weighted by atomic mass is 10.5. The Morgan fingerprint density at radius 1 is 1.50 bits per heavy atom. The van der Waals surface area contributed by atoms with Crippen molar-refractivity contribution < 1.29 is 8.42 Å². The molecule has 0 spiro atoms. The van der Waals surface area contributed by atoms with Crippen molar-refractivity contribution in [3.8, 4) is 0 Å². The predicted octanol–water partition coefficient (Wildman–Crippen LogP) is 1.14. The van der Waals surface area contributed by atoms with E-state index in [4.69, 9.17) is 16.7 Å². The minimum absolute atomic E-state index is 0.133. The summed E-state index contributed by atoms with van der Waals surface area (Å²) in [5, 5.41) is 4.71. The lowest BCUT2D eigenvalue weighted by molar-refractivity contribution is 0.597. The standard InChI is InChI=1S/C5H4BrClN2O2S/c6-4-2-1-3(5(7)9-4)12(8,10)11/h1-2H,(H2,8,10,11). The summed E-state index contributed by atoms with van der Waals surface area (Å²) in [6, 6.07) is 2.74. The first-order valence-corrected chi connectivity index (χ1v) is 5.48. The second-order valence-corrected chi connectivity index (χ2v) is 4.67. The molecule has 0 aromatic carbocycles. The molecule has 0 aliphatic heterocycles. The number of aromatic nitrogens is 1. The van der Waals surface area contributed by atoms with E-state index >= 15 is 0 Å². The summed E-state index contributed by atoms with van der Waals surface area (Å²) in [6.07, 6.45) is 0. The maximum Gasteiger partial charge on any atom is 0.241 e. The van der Waals surface area contributed by atoms with E-state index in [1.165, 1.54) is 12.1 Å². The number of sulfonamides is 1. The number of primary sulfonamides is 1. The van der Waals surface area contributed by atoms with Gasteiger partial charge in [-0.15, -0.1) is 0 Å². The average Bonchev–Trinajstić information content (AvgIpc) is 1.83. The molecule has 1 aromatic rings. The fourth-order valence-corrected chi connectivity index (χ4v) is 2.04. The molecule has 0 bridgehead atoms. The van der Waals surface area contributed by atoms with Crippen molar-refractivity contribution in [2.24, 2.45) is 5.14 Å². The van der Waals surface area contributed by atoms with Gasteiger partial charge in [-0.05, 0) is 28.1 Å². The van der Waals surface area contributed by atoms with Crippen molar-refractivity contribution in [2.75, 3.05) is 0 Å². The van der Waals surface area contributed by atoms with Crippen molar-refractivity contribution in [1.29, 1.82) is 0 Å². The molecule has 1 rings (SSSR count). The normalized spacial score (nSPS) is 11.6. The maximum atomic E-state index is 10.8. The molecule has 0 saturated carbocycles. The van der Waals surface area contributed by atoms with Crippen LogP contribution in [0, 0.1) is 0 Å². The first-order chi connectivity index (χ1) is 5.41. The Morgan fingerprint density at radius 2 is 2.08 bits per heavy atom. The van der Waals surface area contributed by atoms with Gasteiger partial charge in [0.1, 0.15) is 14.7 Å². The Hall–Kier alpha value is -0.170. The third-order valence-corrected chi connectivity index (χ3v) is 2.87. The minimum Gasteiger partial charge on any atom is -0.228 e. The zero-order valence-corrected chi connectivity index (χ0v) is 8.82. The molecule has 1 aromatic heterocycles. The molecule has 7 heteroatoms. The molecule has 0 aliphatic carbocycles. The van der Waals surface area contributed by atoms with E-state index in [1.54, 1.807) is 0 Å². The molecule has 1 heterocycles. The van der Waals surface area contributed by atoms with E-state index in [1.807, 2.05) is 0 Å². The molecular formula is C5H4BrClN2O2S. The van der Waals surface area contributed by atoms with E-state index < -0.39 is 10.0 Å². The summed E-state index contributed by atoms with van der Waals surface area (Å²) in [6.45, 7) is 0. The summed E-state index contributed by atoms with van der Waals surface area (Å²) in [7, 11) is -3.77. The molecule has 12 heavy (non-hydrogen) atoms. The van der Waals surface area contributed by atoms with Crippen LogP contribution in [0.3, 0.4) is 0 Å². The lowest BCUT2D eigenvalue weighted by Crippen LogP contribution is -2.13. The van der Waals surface area contributed by atoms with Gasteiger partial charge in [0, 0.05) is 0 Å². The Bertz CT molecular complexity index is 406. The second-order valence-electron chi connectivity index (χ2n) is 1.97. The number of nitrogens with zero attached hydrogens (tertiary/aromatic N) is 1. The molecule has 0 atom stereocenters. The monoisotopic (exact) mass is 270 g/mol. The Morgan fingerprint density at radius 3 is 2.50 bits per heavy atom. The van der Waals surface area contributed by atoms with Crippen LogP contribution in [0.25, 0.3) is 0 Å². The van der Waals surface area contributed by atoms with Crippen LogP contribution < -0.4 is 5.14 Å². The SMILES string of the molecule is NS(=O)(=O)c1ccc(Br)nc1Cl. The Labute approximate surface area is 82.9 Å². The van der Waals surface area contributed by atoms with Gasteiger partial charge in [-0.2, -0.15) is 0 Å². The van der Waals surface area contributed by atoms with Crippen molar-refractivity contribution in [3.05, 3.63) is 21.9 Å². The highest BCUT2D eigenvalue weighted by Crippen LogP contribution is 2.19. The Kier molecular flexibility index (Phi) is 2.72. The quantitative estimate of drug-likeness (QED) is 0.779. The summed E-state index contributed by atoms with van der Waals surface area (Å²) < 4.78 is 22.1. The molecule has 0 saturated heterocycles. The lowest BCUT2D eigenvalue weighted by Gasteiger charge is -1.99. The molecule has 0 radical (unpaired) electrons. The fourth-order valence-electron chi connectivity index (χ4n) is 0.612. The van der Waals surface area contributed by atoms with Crippen molar-refractivity contribution in [1.82, 2.24) is 4.98 Å². The van der Waals surface area contributed by atoms with Crippen LogP contribution in [-0.2, 0) is 10.0 Å². The van der Waals surface area contributed by atoms with Gasteiger partial charge in [0.15, 0.2) is 0 Å². The average molecular weight is 272 g/mol. The topological polar surface area (TPSA) is 73.1 Å². The van der Waals surface area contributed by atoms with Gasteiger partial charge in [-0.25, -0.2) is 18.5 Å². The van der Waals surface area contributed by atoms with Crippen LogP contribution in [0.5, 0.6) is 0 Å².